The Morgan fingerprint density at radius 1 is 0.958 bits per heavy atom. The highest BCUT2D eigenvalue weighted by molar-refractivity contribution is 7.15. The summed E-state index contributed by atoms with van der Waals surface area (Å²) in [7, 11) is 0. The summed E-state index contributed by atoms with van der Waals surface area (Å²) in [6.07, 6.45) is 5.64. The molecule has 2 aromatic carbocycles. The standard InChI is InChI=1S/C19H13N3OS/c23-18-16(13-7-10-14-8-3-1-4-9-14)24-19-20-17(21-22(18)19)15-11-5-2-6-12-15/h1-13H/b10-7-,16-13-. The summed E-state index contributed by atoms with van der Waals surface area (Å²) >= 11 is 1.34. The Balaban J connectivity index is 1.70. The molecule has 0 bridgehead atoms. The highest BCUT2D eigenvalue weighted by atomic mass is 32.1. The van der Waals surface area contributed by atoms with Crippen LogP contribution in [0, 0.1) is 0 Å². The third-order valence-electron chi connectivity index (χ3n) is 3.55. The summed E-state index contributed by atoms with van der Waals surface area (Å²) in [5.41, 5.74) is 1.86. The first kappa shape index (κ1) is 14.5. The molecule has 0 aliphatic carbocycles. The Hall–Kier alpha value is -3.05. The van der Waals surface area contributed by atoms with Crippen LogP contribution >= 0.6 is 11.3 Å². The van der Waals surface area contributed by atoms with Crippen LogP contribution in [0.25, 0.3) is 28.5 Å². The maximum atomic E-state index is 12.4. The zero-order valence-electron chi connectivity index (χ0n) is 12.7. The summed E-state index contributed by atoms with van der Waals surface area (Å²) in [6.45, 7) is 0. The van der Waals surface area contributed by atoms with E-state index in [1.54, 1.807) is 6.08 Å². The molecule has 4 aromatic rings. The van der Waals surface area contributed by atoms with Crippen molar-refractivity contribution in [3.8, 4) is 11.4 Å². The zero-order chi connectivity index (χ0) is 16.4. The van der Waals surface area contributed by atoms with Gasteiger partial charge in [0.2, 0.25) is 4.96 Å². The van der Waals surface area contributed by atoms with Gasteiger partial charge in [0.1, 0.15) is 0 Å². The van der Waals surface area contributed by atoms with Crippen LogP contribution < -0.4 is 10.1 Å². The molecule has 0 atom stereocenters. The number of thiazole rings is 1. The molecule has 0 amide bonds. The fraction of sp³-hybridized carbons (Fsp3) is 0. The van der Waals surface area contributed by atoms with Gasteiger partial charge in [0.25, 0.3) is 5.56 Å². The van der Waals surface area contributed by atoms with E-state index in [-0.39, 0.29) is 5.56 Å². The summed E-state index contributed by atoms with van der Waals surface area (Å²) in [4.78, 5) is 17.5. The molecule has 4 rings (SSSR count). The zero-order valence-corrected chi connectivity index (χ0v) is 13.5. The number of benzene rings is 2. The summed E-state index contributed by atoms with van der Waals surface area (Å²) < 4.78 is 1.99. The molecule has 2 heterocycles. The Morgan fingerprint density at radius 2 is 1.67 bits per heavy atom. The molecule has 2 aromatic heterocycles. The topological polar surface area (TPSA) is 47.3 Å². The van der Waals surface area contributed by atoms with Crippen molar-refractivity contribution in [2.24, 2.45) is 0 Å². The summed E-state index contributed by atoms with van der Waals surface area (Å²) in [5, 5.41) is 4.33. The smallest absolute Gasteiger partial charge is 0.266 e. The number of rotatable bonds is 3. The van der Waals surface area contributed by atoms with Crippen molar-refractivity contribution in [2.45, 2.75) is 0 Å². The highest BCUT2D eigenvalue weighted by Gasteiger charge is 2.10. The van der Waals surface area contributed by atoms with E-state index in [0.717, 1.165) is 11.1 Å². The number of hydrogen-bond donors (Lipinski definition) is 0. The van der Waals surface area contributed by atoms with Gasteiger partial charge in [-0.05, 0) is 11.6 Å². The summed E-state index contributed by atoms with van der Waals surface area (Å²) in [6, 6.07) is 19.6. The fourth-order valence-corrected chi connectivity index (χ4v) is 3.23. The minimum absolute atomic E-state index is 0.137. The van der Waals surface area contributed by atoms with Crippen LogP contribution in [0.2, 0.25) is 0 Å². The average Bonchev–Trinajstić information content (AvgIpc) is 3.17. The van der Waals surface area contributed by atoms with Gasteiger partial charge in [0.15, 0.2) is 5.82 Å². The van der Waals surface area contributed by atoms with Crippen LogP contribution in [0.3, 0.4) is 0 Å². The van der Waals surface area contributed by atoms with Crippen molar-refractivity contribution < 1.29 is 0 Å². The largest absolute Gasteiger partial charge is 0.291 e. The van der Waals surface area contributed by atoms with Crippen molar-refractivity contribution >= 4 is 28.4 Å². The normalized spacial score (nSPS) is 12.4. The molecule has 0 fully saturated rings. The molecule has 24 heavy (non-hydrogen) atoms. The van der Waals surface area contributed by atoms with E-state index in [2.05, 4.69) is 10.1 Å². The predicted octanol–water partition coefficient (Wildman–Crippen LogP) is 3.03. The van der Waals surface area contributed by atoms with Crippen molar-refractivity contribution in [2.75, 3.05) is 0 Å². The third kappa shape index (κ3) is 2.77. The van der Waals surface area contributed by atoms with Crippen LogP contribution in [-0.4, -0.2) is 14.6 Å². The van der Waals surface area contributed by atoms with Crippen LogP contribution in [-0.2, 0) is 0 Å². The quantitative estimate of drug-likeness (QED) is 0.580. The van der Waals surface area contributed by atoms with E-state index in [4.69, 9.17) is 0 Å². The first-order valence-corrected chi connectivity index (χ1v) is 8.31. The fourth-order valence-electron chi connectivity index (χ4n) is 2.37. The second-order valence-corrected chi connectivity index (χ2v) is 6.21. The highest BCUT2D eigenvalue weighted by Crippen LogP contribution is 2.15. The molecule has 0 spiro atoms. The maximum Gasteiger partial charge on any atom is 0.291 e. The van der Waals surface area contributed by atoms with Gasteiger partial charge >= 0.3 is 0 Å². The lowest BCUT2D eigenvalue weighted by atomic mass is 10.2. The lowest BCUT2D eigenvalue weighted by Gasteiger charge is -1.91. The van der Waals surface area contributed by atoms with E-state index in [9.17, 15) is 4.79 Å². The van der Waals surface area contributed by atoms with Gasteiger partial charge in [-0.1, -0.05) is 84.2 Å². The van der Waals surface area contributed by atoms with E-state index < -0.39 is 0 Å². The first-order chi connectivity index (χ1) is 11.8. The SMILES string of the molecule is O=c1/c(=C/C=C\c2ccccc2)sc2nc(-c3ccccc3)nn12. The van der Waals surface area contributed by atoms with Crippen molar-refractivity contribution in [3.05, 3.63) is 87.2 Å². The number of nitrogens with zero attached hydrogens (tertiary/aromatic N) is 3. The lowest BCUT2D eigenvalue weighted by molar-refractivity contribution is 0.937. The Bertz CT molecular complexity index is 1110. The molecule has 4 nitrogen and oxygen atoms in total. The third-order valence-corrected chi connectivity index (χ3v) is 4.53. The number of aromatic nitrogens is 3. The minimum Gasteiger partial charge on any atom is -0.266 e. The molecular weight excluding hydrogens is 318 g/mol. The molecule has 0 saturated carbocycles. The minimum atomic E-state index is -0.137. The van der Waals surface area contributed by atoms with Crippen LogP contribution in [0.1, 0.15) is 5.56 Å². The molecule has 0 aliphatic rings. The van der Waals surface area contributed by atoms with E-state index in [0.29, 0.717) is 15.3 Å². The number of fused-ring (bicyclic) bond motifs is 1. The second kappa shape index (κ2) is 6.22. The van der Waals surface area contributed by atoms with Gasteiger partial charge in [0.05, 0.1) is 4.53 Å². The predicted molar refractivity (Wildman–Crippen MR) is 97.7 cm³/mol. The second-order valence-electron chi connectivity index (χ2n) is 5.20. The average molecular weight is 331 g/mol. The monoisotopic (exact) mass is 331 g/mol. The van der Waals surface area contributed by atoms with E-state index in [1.165, 1.54) is 15.9 Å². The van der Waals surface area contributed by atoms with Gasteiger partial charge in [-0.3, -0.25) is 4.79 Å². The van der Waals surface area contributed by atoms with Gasteiger partial charge < -0.3 is 0 Å². The molecule has 116 valence electrons. The molecular formula is C19H13N3OS. The summed E-state index contributed by atoms with van der Waals surface area (Å²) in [5.74, 6) is 0.574. The Labute approximate surface area is 142 Å². The van der Waals surface area contributed by atoms with Gasteiger partial charge in [0, 0.05) is 5.56 Å². The molecule has 5 heteroatoms. The van der Waals surface area contributed by atoms with Crippen molar-refractivity contribution in [1.29, 1.82) is 0 Å². The molecule has 0 N–H and O–H groups in total. The molecule has 0 radical (unpaired) electrons. The Kier molecular flexibility index (Phi) is 3.76. The van der Waals surface area contributed by atoms with Gasteiger partial charge in [-0.2, -0.15) is 9.50 Å². The number of hydrogen-bond acceptors (Lipinski definition) is 4. The van der Waals surface area contributed by atoms with Gasteiger partial charge in [-0.25, -0.2) is 0 Å². The molecule has 0 aliphatic heterocycles. The number of allylic oxidation sites excluding steroid dienone is 1. The Morgan fingerprint density at radius 3 is 2.38 bits per heavy atom. The van der Waals surface area contributed by atoms with Crippen LogP contribution in [0.5, 0.6) is 0 Å². The van der Waals surface area contributed by atoms with Crippen LogP contribution in [0.15, 0.2) is 71.5 Å². The molecule has 0 saturated heterocycles. The first-order valence-electron chi connectivity index (χ1n) is 7.50. The van der Waals surface area contributed by atoms with Crippen LogP contribution in [0.4, 0.5) is 0 Å². The van der Waals surface area contributed by atoms with E-state index in [1.807, 2.05) is 72.8 Å². The van der Waals surface area contributed by atoms with Crippen molar-refractivity contribution in [3.63, 3.8) is 0 Å². The lowest BCUT2D eigenvalue weighted by Crippen LogP contribution is -2.23. The van der Waals surface area contributed by atoms with E-state index >= 15 is 0 Å². The van der Waals surface area contributed by atoms with Crippen molar-refractivity contribution in [1.82, 2.24) is 14.6 Å². The maximum absolute atomic E-state index is 12.4. The molecule has 0 unspecified atom stereocenters. The van der Waals surface area contributed by atoms with Gasteiger partial charge in [-0.15, -0.1) is 5.10 Å².